The first-order valence-corrected chi connectivity index (χ1v) is 4.50. The van der Waals surface area contributed by atoms with Crippen molar-refractivity contribution in [2.75, 3.05) is 0 Å². The lowest BCUT2D eigenvalue weighted by molar-refractivity contribution is -0.0654. The van der Waals surface area contributed by atoms with Gasteiger partial charge in [-0.25, -0.2) is 0 Å². The van der Waals surface area contributed by atoms with Crippen molar-refractivity contribution in [1.82, 2.24) is 0 Å². The van der Waals surface area contributed by atoms with E-state index >= 15 is 0 Å². The summed E-state index contributed by atoms with van der Waals surface area (Å²) in [6.45, 7) is 0. The third-order valence-corrected chi connectivity index (χ3v) is 2.41. The molecule has 74 valence electrons. The number of nitriles is 1. The van der Waals surface area contributed by atoms with Gasteiger partial charge < -0.3 is 5.11 Å². The summed E-state index contributed by atoms with van der Waals surface area (Å²) >= 11 is 3.02. The normalized spacial score (nSPS) is 13.4. The average Bonchev–Trinajstić information content (AvgIpc) is 2.17. The molecule has 0 bridgehead atoms. The molecule has 0 aliphatic rings. The van der Waals surface area contributed by atoms with E-state index in [1.807, 2.05) is 0 Å². The Bertz CT molecular complexity index is 375. The lowest BCUT2D eigenvalue weighted by atomic mass is 10.0. The van der Waals surface area contributed by atoms with Crippen molar-refractivity contribution in [3.63, 3.8) is 0 Å². The van der Waals surface area contributed by atoms with Crippen LogP contribution in [0.1, 0.15) is 11.7 Å². The van der Waals surface area contributed by atoms with Gasteiger partial charge in [0, 0.05) is 10.0 Å². The van der Waals surface area contributed by atoms with Gasteiger partial charge in [-0.3, -0.25) is 0 Å². The minimum absolute atomic E-state index is 0.000880. The van der Waals surface area contributed by atoms with Crippen molar-refractivity contribution in [2.24, 2.45) is 0 Å². The lowest BCUT2D eigenvalue weighted by Gasteiger charge is -2.16. The second kappa shape index (κ2) is 4.03. The van der Waals surface area contributed by atoms with Crippen LogP contribution in [0, 0.1) is 11.3 Å². The van der Waals surface area contributed by atoms with E-state index in [2.05, 4.69) is 15.9 Å². The number of alkyl halides is 2. The van der Waals surface area contributed by atoms with Crippen LogP contribution in [0.2, 0.25) is 0 Å². The molecule has 0 spiro atoms. The second-order valence-electron chi connectivity index (χ2n) is 2.66. The monoisotopic (exact) mass is 261 g/mol. The molecule has 5 heteroatoms. The maximum atomic E-state index is 12.8. The predicted octanol–water partition coefficient (Wildman–Crippen LogP) is 2.64. The van der Waals surface area contributed by atoms with Crippen LogP contribution in [0.15, 0.2) is 28.7 Å². The summed E-state index contributed by atoms with van der Waals surface area (Å²) in [5, 5.41) is 17.4. The van der Waals surface area contributed by atoms with Crippen molar-refractivity contribution in [2.45, 2.75) is 12.0 Å². The number of halogens is 3. The number of nitrogens with zero attached hydrogens (tertiary/aromatic N) is 1. The quantitative estimate of drug-likeness (QED) is 0.890. The molecule has 0 aliphatic heterocycles. The van der Waals surface area contributed by atoms with E-state index in [0.717, 1.165) is 6.07 Å². The van der Waals surface area contributed by atoms with E-state index in [1.54, 1.807) is 6.07 Å². The highest BCUT2D eigenvalue weighted by Gasteiger charge is 2.40. The Hall–Kier alpha value is -0.990. The van der Waals surface area contributed by atoms with E-state index in [4.69, 9.17) is 5.26 Å². The van der Waals surface area contributed by atoms with E-state index in [9.17, 15) is 13.9 Å². The largest absolute Gasteiger partial charge is 0.381 e. The first kappa shape index (κ1) is 11.1. The molecule has 1 N–H and O–H groups in total. The highest BCUT2D eigenvalue weighted by molar-refractivity contribution is 9.10. The number of aliphatic hydroxyl groups excluding tert-OH is 1. The maximum Gasteiger partial charge on any atom is 0.361 e. The van der Waals surface area contributed by atoms with Crippen LogP contribution in [0.5, 0.6) is 0 Å². The van der Waals surface area contributed by atoms with Gasteiger partial charge in [-0.2, -0.15) is 14.0 Å². The molecule has 1 unspecified atom stereocenters. The van der Waals surface area contributed by atoms with E-state index in [0.29, 0.717) is 4.47 Å². The van der Waals surface area contributed by atoms with E-state index in [1.165, 1.54) is 18.2 Å². The zero-order valence-electron chi connectivity index (χ0n) is 6.92. The summed E-state index contributed by atoms with van der Waals surface area (Å²) < 4.78 is 25.9. The molecule has 0 aromatic heterocycles. The Morgan fingerprint density at radius 1 is 1.43 bits per heavy atom. The average molecular weight is 262 g/mol. The molecule has 0 fully saturated rings. The summed E-state index contributed by atoms with van der Waals surface area (Å²) in [5.74, 6) is -3.77. The molecule has 2 nitrogen and oxygen atoms in total. The molecule has 1 aromatic rings. The lowest BCUT2D eigenvalue weighted by Crippen LogP contribution is -2.24. The van der Waals surface area contributed by atoms with Crippen molar-refractivity contribution in [1.29, 1.82) is 5.26 Å². The summed E-state index contributed by atoms with van der Waals surface area (Å²) in [4.78, 5) is 0. The highest BCUT2D eigenvalue weighted by atomic mass is 79.9. The first-order chi connectivity index (χ1) is 6.49. The molecule has 14 heavy (non-hydrogen) atoms. The number of hydrogen-bond donors (Lipinski definition) is 1. The fraction of sp³-hybridized carbons (Fsp3) is 0.222. The van der Waals surface area contributed by atoms with E-state index < -0.39 is 12.0 Å². The Morgan fingerprint density at radius 2 is 2.00 bits per heavy atom. The van der Waals surface area contributed by atoms with Gasteiger partial charge in [0.1, 0.15) is 6.07 Å². The summed E-state index contributed by atoms with van der Waals surface area (Å²) in [5.41, 5.74) is -0.000880. The van der Waals surface area contributed by atoms with Gasteiger partial charge in [-0.1, -0.05) is 34.1 Å². The molecule has 1 rings (SSSR count). The molecule has 1 aromatic carbocycles. The van der Waals surface area contributed by atoms with Gasteiger partial charge in [0.05, 0.1) is 0 Å². The first-order valence-electron chi connectivity index (χ1n) is 3.70. The second-order valence-corrected chi connectivity index (χ2v) is 3.51. The molecule has 0 saturated carbocycles. The van der Waals surface area contributed by atoms with E-state index in [-0.39, 0.29) is 5.56 Å². The number of rotatable bonds is 2. The highest BCUT2D eigenvalue weighted by Crippen LogP contribution is 2.34. The van der Waals surface area contributed by atoms with Crippen molar-refractivity contribution in [3.05, 3.63) is 34.3 Å². The molecule has 0 heterocycles. The summed E-state index contributed by atoms with van der Waals surface area (Å²) in [7, 11) is 0. The van der Waals surface area contributed by atoms with Crippen molar-refractivity contribution in [3.8, 4) is 6.07 Å². The Morgan fingerprint density at radius 3 is 2.50 bits per heavy atom. The van der Waals surface area contributed by atoms with Crippen LogP contribution in [-0.2, 0) is 0 Å². The minimum Gasteiger partial charge on any atom is -0.381 e. The number of aliphatic hydroxyl groups is 1. The standard InChI is InChI=1S/C9H6BrF2NO/c10-7-4-2-1-3-6(7)8(14)9(11,12)5-13/h1-4,8,14H. The van der Waals surface area contributed by atoms with Gasteiger partial charge in [0.25, 0.3) is 0 Å². The minimum atomic E-state index is -3.77. The fourth-order valence-corrected chi connectivity index (χ4v) is 1.45. The Kier molecular flexibility index (Phi) is 3.19. The smallest absolute Gasteiger partial charge is 0.361 e. The maximum absolute atomic E-state index is 12.8. The Labute approximate surface area is 87.9 Å². The zero-order chi connectivity index (χ0) is 10.8. The number of hydrogen-bond acceptors (Lipinski definition) is 2. The molecule has 0 saturated heterocycles. The summed E-state index contributed by atoms with van der Waals surface area (Å²) in [6, 6.07) is 6.76. The SMILES string of the molecule is N#CC(F)(F)C(O)c1ccccc1Br. The molecular weight excluding hydrogens is 256 g/mol. The van der Waals surface area contributed by atoms with Gasteiger partial charge >= 0.3 is 5.92 Å². The van der Waals surface area contributed by atoms with Crippen LogP contribution in [0.4, 0.5) is 8.78 Å². The topological polar surface area (TPSA) is 44.0 Å². The predicted molar refractivity (Wildman–Crippen MR) is 49.7 cm³/mol. The zero-order valence-corrected chi connectivity index (χ0v) is 8.50. The van der Waals surface area contributed by atoms with Crippen LogP contribution >= 0.6 is 15.9 Å². The molecule has 1 atom stereocenters. The third kappa shape index (κ3) is 2.08. The van der Waals surface area contributed by atoms with Gasteiger partial charge in [-0.05, 0) is 6.07 Å². The van der Waals surface area contributed by atoms with Gasteiger partial charge in [0.15, 0.2) is 6.10 Å². The van der Waals surface area contributed by atoms with Crippen LogP contribution in [0.3, 0.4) is 0 Å². The molecule has 0 amide bonds. The Balaban J connectivity index is 3.08. The van der Waals surface area contributed by atoms with Crippen molar-refractivity contribution >= 4 is 15.9 Å². The molecular formula is C9H6BrF2NO. The summed E-state index contributed by atoms with van der Waals surface area (Å²) in [6.07, 6.45) is -2.11. The number of benzene rings is 1. The van der Waals surface area contributed by atoms with Crippen molar-refractivity contribution < 1.29 is 13.9 Å². The van der Waals surface area contributed by atoms with Gasteiger partial charge in [-0.15, -0.1) is 0 Å². The van der Waals surface area contributed by atoms with Gasteiger partial charge in [0.2, 0.25) is 0 Å². The third-order valence-electron chi connectivity index (χ3n) is 1.69. The van der Waals surface area contributed by atoms with Crippen LogP contribution < -0.4 is 0 Å². The van der Waals surface area contributed by atoms with Crippen LogP contribution in [0.25, 0.3) is 0 Å². The fourth-order valence-electron chi connectivity index (χ4n) is 0.953. The molecule has 0 aliphatic carbocycles. The van der Waals surface area contributed by atoms with Crippen LogP contribution in [-0.4, -0.2) is 11.0 Å². The molecule has 0 radical (unpaired) electrons.